The van der Waals surface area contributed by atoms with Crippen LogP contribution in [0.3, 0.4) is 0 Å². The van der Waals surface area contributed by atoms with Crippen LogP contribution in [0, 0.1) is 6.92 Å². The molecule has 3 rings (SSSR count). The number of rotatable bonds is 6. The Kier molecular flexibility index (Phi) is 5.25. The maximum absolute atomic E-state index is 12.2. The topological polar surface area (TPSA) is 80.0 Å². The van der Waals surface area contributed by atoms with Crippen molar-refractivity contribution in [2.24, 2.45) is 0 Å². The van der Waals surface area contributed by atoms with Crippen LogP contribution in [-0.2, 0) is 16.9 Å². The van der Waals surface area contributed by atoms with Gasteiger partial charge in [0, 0.05) is 13.5 Å². The number of aromatic nitrogens is 2. The number of aryl methyl sites for hydroxylation is 1. The van der Waals surface area contributed by atoms with Gasteiger partial charge >= 0.3 is 0 Å². The van der Waals surface area contributed by atoms with E-state index in [-0.39, 0.29) is 18.0 Å². The minimum atomic E-state index is -0.347. The minimum Gasteiger partial charge on any atom is -0.351 e. The van der Waals surface area contributed by atoms with Gasteiger partial charge in [0.2, 0.25) is 11.8 Å². The van der Waals surface area contributed by atoms with Gasteiger partial charge in [-0.05, 0) is 18.4 Å². The minimum absolute atomic E-state index is 0.0241. The summed E-state index contributed by atoms with van der Waals surface area (Å²) in [4.78, 5) is 16.6. The fraction of sp³-hybridized carbons (Fsp3) is 0.500. The van der Waals surface area contributed by atoms with Gasteiger partial charge in [-0.3, -0.25) is 10.1 Å². The van der Waals surface area contributed by atoms with Crippen molar-refractivity contribution in [3.05, 3.63) is 47.6 Å². The Balaban J connectivity index is 1.58. The SMILES string of the molecule is Cc1nc(C2(NCC(=O)NCc3ccccc3)CCCCC2)no1. The maximum Gasteiger partial charge on any atom is 0.234 e. The second kappa shape index (κ2) is 7.57. The van der Waals surface area contributed by atoms with E-state index in [0.717, 1.165) is 31.2 Å². The van der Waals surface area contributed by atoms with E-state index < -0.39 is 0 Å². The molecule has 1 heterocycles. The van der Waals surface area contributed by atoms with Crippen molar-refractivity contribution >= 4 is 5.91 Å². The molecule has 1 fully saturated rings. The number of nitrogens with zero attached hydrogens (tertiary/aromatic N) is 2. The first-order chi connectivity index (χ1) is 11.7. The molecule has 0 unspecified atom stereocenters. The molecule has 6 heteroatoms. The van der Waals surface area contributed by atoms with Crippen molar-refractivity contribution in [1.29, 1.82) is 0 Å². The summed E-state index contributed by atoms with van der Waals surface area (Å²) < 4.78 is 5.15. The highest BCUT2D eigenvalue weighted by molar-refractivity contribution is 5.78. The van der Waals surface area contributed by atoms with E-state index in [0.29, 0.717) is 18.3 Å². The second-order valence-electron chi connectivity index (χ2n) is 6.40. The molecule has 1 saturated carbocycles. The van der Waals surface area contributed by atoms with Crippen LogP contribution in [0.4, 0.5) is 0 Å². The third-order valence-corrected chi connectivity index (χ3v) is 4.58. The van der Waals surface area contributed by atoms with E-state index in [4.69, 9.17) is 4.52 Å². The van der Waals surface area contributed by atoms with E-state index >= 15 is 0 Å². The van der Waals surface area contributed by atoms with Crippen molar-refractivity contribution < 1.29 is 9.32 Å². The Morgan fingerprint density at radius 2 is 1.96 bits per heavy atom. The van der Waals surface area contributed by atoms with Crippen molar-refractivity contribution in [2.45, 2.75) is 51.1 Å². The normalized spacial score (nSPS) is 16.7. The zero-order valence-corrected chi connectivity index (χ0v) is 14.0. The quantitative estimate of drug-likeness (QED) is 0.851. The highest BCUT2D eigenvalue weighted by atomic mass is 16.5. The zero-order valence-electron chi connectivity index (χ0n) is 14.0. The van der Waals surface area contributed by atoms with Crippen molar-refractivity contribution in [1.82, 2.24) is 20.8 Å². The molecule has 0 bridgehead atoms. The van der Waals surface area contributed by atoms with Crippen LogP contribution < -0.4 is 10.6 Å². The lowest BCUT2D eigenvalue weighted by molar-refractivity contribution is -0.120. The largest absolute Gasteiger partial charge is 0.351 e. The number of benzene rings is 1. The molecule has 1 aromatic carbocycles. The lowest BCUT2D eigenvalue weighted by atomic mass is 9.81. The highest BCUT2D eigenvalue weighted by Gasteiger charge is 2.38. The van der Waals surface area contributed by atoms with E-state index in [9.17, 15) is 4.79 Å². The summed E-state index contributed by atoms with van der Waals surface area (Å²) in [6.07, 6.45) is 5.27. The molecule has 2 N–H and O–H groups in total. The molecule has 0 radical (unpaired) electrons. The molecule has 128 valence electrons. The molecule has 0 aliphatic heterocycles. The van der Waals surface area contributed by atoms with Crippen LogP contribution in [0.1, 0.15) is 49.4 Å². The predicted octanol–water partition coefficient (Wildman–Crippen LogP) is 2.44. The van der Waals surface area contributed by atoms with Crippen LogP contribution in [0.25, 0.3) is 0 Å². The maximum atomic E-state index is 12.2. The number of carbonyl (C=O) groups excluding carboxylic acids is 1. The summed E-state index contributed by atoms with van der Waals surface area (Å²) in [5, 5.41) is 10.5. The molecule has 1 aromatic heterocycles. The van der Waals surface area contributed by atoms with Crippen molar-refractivity contribution in [3.8, 4) is 0 Å². The van der Waals surface area contributed by atoms with Gasteiger partial charge in [0.15, 0.2) is 5.82 Å². The molecule has 0 spiro atoms. The first-order valence-electron chi connectivity index (χ1n) is 8.54. The lowest BCUT2D eigenvalue weighted by Gasteiger charge is -2.35. The Bertz CT molecular complexity index is 663. The smallest absolute Gasteiger partial charge is 0.234 e. The monoisotopic (exact) mass is 328 g/mol. The predicted molar refractivity (Wildman–Crippen MR) is 90.1 cm³/mol. The van der Waals surface area contributed by atoms with Crippen LogP contribution in [-0.4, -0.2) is 22.6 Å². The van der Waals surface area contributed by atoms with Gasteiger partial charge < -0.3 is 9.84 Å². The molecule has 0 saturated heterocycles. The number of nitrogens with one attached hydrogen (secondary N) is 2. The fourth-order valence-electron chi connectivity index (χ4n) is 3.24. The number of hydrogen-bond acceptors (Lipinski definition) is 5. The lowest BCUT2D eigenvalue weighted by Crippen LogP contribution is -2.48. The Morgan fingerprint density at radius 3 is 2.62 bits per heavy atom. The molecule has 1 aliphatic carbocycles. The summed E-state index contributed by atoms with van der Waals surface area (Å²) in [5.74, 6) is 1.21. The number of amides is 1. The van der Waals surface area contributed by atoms with E-state index in [1.165, 1.54) is 6.42 Å². The molecular formula is C18H24N4O2. The average Bonchev–Trinajstić information content (AvgIpc) is 3.07. The van der Waals surface area contributed by atoms with E-state index in [2.05, 4.69) is 20.8 Å². The number of carbonyl (C=O) groups is 1. The fourth-order valence-corrected chi connectivity index (χ4v) is 3.24. The van der Waals surface area contributed by atoms with Gasteiger partial charge in [-0.2, -0.15) is 4.98 Å². The molecule has 0 atom stereocenters. The van der Waals surface area contributed by atoms with Gasteiger partial charge in [-0.25, -0.2) is 0 Å². The van der Waals surface area contributed by atoms with Gasteiger partial charge in [0.1, 0.15) is 0 Å². The van der Waals surface area contributed by atoms with E-state index in [1.54, 1.807) is 6.92 Å². The van der Waals surface area contributed by atoms with Crippen LogP contribution in [0.2, 0.25) is 0 Å². The first-order valence-corrected chi connectivity index (χ1v) is 8.54. The molecule has 1 aliphatic rings. The van der Waals surface area contributed by atoms with Crippen LogP contribution in [0.5, 0.6) is 0 Å². The summed E-state index contributed by atoms with van der Waals surface area (Å²) in [7, 11) is 0. The standard InChI is InChI=1S/C18H24N4O2/c1-14-21-17(22-24-14)18(10-6-3-7-11-18)20-13-16(23)19-12-15-8-4-2-5-9-15/h2,4-5,8-9,20H,3,6-7,10-13H2,1H3,(H,19,23). The second-order valence-corrected chi connectivity index (χ2v) is 6.40. The summed E-state index contributed by atoms with van der Waals surface area (Å²) in [6.45, 7) is 2.58. The first kappa shape index (κ1) is 16.6. The summed E-state index contributed by atoms with van der Waals surface area (Å²) in [6, 6.07) is 9.90. The molecule has 24 heavy (non-hydrogen) atoms. The highest BCUT2D eigenvalue weighted by Crippen LogP contribution is 2.35. The van der Waals surface area contributed by atoms with Crippen LogP contribution in [0.15, 0.2) is 34.9 Å². The Hall–Kier alpha value is -2.21. The Labute approximate surface area is 142 Å². The third-order valence-electron chi connectivity index (χ3n) is 4.58. The zero-order chi connectivity index (χ0) is 16.8. The number of hydrogen-bond donors (Lipinski definition) is 2. The van der Waals surface area contributed by atoms with Crippen molar-refractivity contribution in [2.75, 3.05) is 6.54 Å². The van der Waals surface area contributed by atoms with Crippen LogP contribution >= 0.6 is 0 Å². The van der Waals surface area contributed by atoms with Crippen molar-refractivity contribution in [3.63, 3.8) is 0 Å². The molecule has 6 nitrogen and oxygen atoms in total. The van der Waals surface area contributed by atoms with E-state index in [1.807, 2.05) is 30.3 Å². The van der Waals surface area contributed by atoms with Gasteiger partial charge in [-0.15, -0.1) is 0 Å². The summed E-state index contributed by atoms with van der Waals surface area (Å²) in [5.41, 5.74) is 0.743. The van der Waals surface area contributed by atoms with Gasteiger partial charge in [-0.1, -0.05) is 54.8 Å². The summed E-state index contributed by atoms with van der Waals surface area (Å²) >= 11 is 0. The molecule has 2 aromatic rings. The average molecular weight is 328 g/mol. The van der Waals surface area contributed by atoms with Gasteiger partial charge in [0.25, 0.3) is 0 Å². The Morgan fingerprint density at radius 1 is 1.21 bits per heavy atom. The van der Waals surface area contributed by atoms with Gasteiger partial charge in [0.05, 0.1) is 12.1 Å². The molecule has 1 amide bonds. The third kappa shape index (κ3) is 4.00. The molecular weight excluding hydrogens is 304 g/mol.